The average molecular weight is 464 g/mol. The first-order chi connectivity index (χ1) is 15.9. The molecule has 8 heteroatoms. The predicted molar refractivity (Wildman–Crippen MR) is 128 cm³/mol. The minimum absolute atomic E-state index is 0.310. The van der Waals surface area contributed by atoms with E-state index in [1.165, 1.54) is 14.0 Å². The van der Waals surface area contributed by atoms with Gasteiger partial charge in [-0.2, -0.15) is 0 Å². The highest BCUT2D eigenvalue weighted by atomic mass is 35.5. The van der Waals surface area contributed by atoms with Crippen LogP contribution in [0.15, 0.2) is 60.7 Å². The lowest BCUT2D eigenvalue weighted by atomic mass is 10.2. The number of carbonyl (C=O) groups is 2. The van der Waals surface area contributed by atoms with Gasteiger partial charge in [-0.1, -0.05) is 41.9 Å². The molecule has 1 amide bonds. The first kappa shape index (κ1) is 22.4. The number of carbonyl (C=O) groups excluding carboxylic acids is 2. The van der Waals surface area contributed by atoms with Gasteiger partial charge in [-0.15, -0.1) is 0 Å². The Hall–Kier alpha value is -3.84. The molecule has 33 heavy (non-hydrogen) atoms. The molecule has 0 bridgehead atoms. The SMILES string of the molecule is COc1cc(Cl)c(C)cc1NC(=O)C(C)OC(=O)c1ccc2nc(-c3ccccc3)[nH]c2c1. The molecule has 1 aromatic heterocycles. The summed E-state index contributed by atoms with van der Waals surface area (Å²) in [6.45, 7) is 3.32. The number of ether oxygens (including phenoxy) is 2. The van der Waals surface area contributed by atoms with Crippen molar-refractivity contribution in [2.75, 3.05) is 12.4 Å². The fraction of sp³-hybridized carbons (Fsp3) is 0.160. The molecule has 0 aliphatic heterocycles. The van der Waals surface area contributed by atoms with Crippen LogP contribution < -0.4 is 10.1 Å². The molecule has 1 unspecified atom stereocenters. The zero-order valence-corrected chi connectivity index (χ0v) is 19.1. The Labute approximate surface area is 195 Å². The van der Waals surface area contributed by atoms with E-state index in [1.807, 2.05) is 37.3 Å². The molecule has 0 saturated carbocycles. The molecule has 168 valence electrons. The van der Waals surface area contributed by atoms with Crippen LogP contribution in [0.3, 0.4) is 0 Å². The zero-order valence-electron chi connectivity index (χ0n) is 18.3. The van der Waals surface area contributed by atoms with Crippen LogP contribution in [0, 0.1) is 6.92 Å². The van der Waals surface area contributed by atoms with Crippen LogP contribution in [0.1, 0.15) is 22.8 Å². The highest BCUT2D eigenvalue weighted by molar-refractivity contribution is 6.31. The van der Waals surface area contributed by atoms with Crippen LogP contribution in [-0.4, -0.2) is 35.1 Å². The van der Waals surface area contributed by atoms with Crippen LogP contribution >= 0.6 is 11.6 Å². The number of nitrogens with one attached hydrogen (secondary N) is 2. The van der Waals surface area contributed by atoms with E-state index in [1.54, 1.807) is 30.3 Å². The second kappa shape index (κ2) is 9.34. The van der Waals surface area contributed by atoms with Crippen LogP contribution in [0.4, 0.5) is 5.69 Å². The number of amides is 1. The third-order valence-electron chi connectivity index (χ3n) is 5.16. The number of nitrogens with zero attached hydrogens (tertiary/aromatic N) is 1. The smallest absolute Gasteiger partial charge is 0.338 e. The van der Waals surface area contributed by atoms with E-state index in [4.69, 9.17) is 21.1 Å². The van der Waals surface area contributed by atoms with Gasteiger partial charge in [-0.3, -0.25) is 4.79 Å². The second-order valence-electron chi connectivity index (χ2n) is 7.52. The molecular weight excluding hydrogens is 442 g/mol. The van der Waals surface area contributed by atoms with Crippen molar-refractivity contribution >= 4 is 40.2 Å². The first-order valence-electron chi connectivity index (χ1n) is 10.3. The lowest BCUT2D eigenvalue weighted by Gasteiger charge is -2.16. The Morgan fingerprint density at radius 1 is 1.09 bits per heavy atom. The largest absolute Gasteiger partial charge is 0.495 e. The van der Waals surface area contributed by atoms with E-state index in [9.17, 15) is 9.59 Å². The maximum absolute atomic E-state index is 12.7. The fourth-order valence-electron chi connectivity index (χ4n) is 3.32. The van der Waals surface area contributed by atoms with Gasteiger partial charge in [0, 0.05) is 16.7 Å². The van der Waals surface area contributed by atoms with E-state index in [0.717, 1.165) is 16.6 Å². The third kappa shape index (κ3) is 4.83. The van der Waals surface area contributed by atoms with Crippen molar-refractivity contribution in [1.82, 2.24) is 9.97 Å². The molecule has 4 rings (SSSR count). The molecular formula is C25H22ClN3O4. The number of methoxy groups -OCH3 is 1. The summed E-state index contributed by atoms with van der Waals surface area (Å²) in [7, 11) is 1.48. The van der Waals surface area contributed by atoms with E-state index in [0.29, 0.717) is 33.4 Å². The average Bonchev–Trinajstić information content (AvgIpc) is 3.25. The molecule has 0 radical (unpaired) electrons. The Balaban J connectivity index is 1.47. The van der Waals surface area contributed by atoms with Gasteiger partial charge < -0.3 is 19.8 Å². The number of benzene rings is 3. The second-order valence-corrected chi connectivity index (χ2v) is 7.93. The van der Waals surface area contributed by atoms with E-state index in [-0.39, 0.29) is 0 Å². The van der Waals surface area contributed by atoms with Crippen molar-refractivity contribution in [2.24, 2.45) is 0 Å². The van der Waals surface area contributed by atoms with Gasteiger partial charge in [0.2, 0.25) is 0 Å². The van der Waals surface area contributed by atoms with Gasteiger partial charge in [0.25, 0.3) is 5.91 Å². The molecule has 1 atom stereocenters. The molecule has 0 aliphatic carbocycles. The van der Waals surface area contributed by atoms with Crippen LogP contribution in [0.25, 0.3) is 22.4 Å². The number of H-pyrrole nitrogens is 1. The summed E-state index contributed by atoms with van der Waals surface area (Å²) in [5.41, 5.74) is 3.89. The number of esters is 1. The highest BCUT2D eigenvalue weighted by Gasteiger charge is 2.21. The molecule has 0 fully saturated rings. The minimum Gasteiger partial charge on any atom is -0.495 e. The number of rotatable bonds is 6. The Bertz CT molecular complexity index is 1330. The van der Waals surface area contributed by atoms with Crippen LogP contribution in [0.2, 0.25) is 5.02 Å². The number of hydrogen-bond acceptors (Lipinski definition) is 5. The van der Waals surface area contributed by atoms with Crippen LogP contribution in [0.5, 0.6) is 5.75 Å². The number of aromatic nitrogens is 2. The normalized spacial score (nSPS) is 11.8. The highest BCUT2D eigenvalue weighted by Crippen LogP contribution is 2.31. The molecule has 0 saturated heterocycles. The fourth-order valence-corrected chi connectivity index (χ4v) is 3.47. The monoisotopic (exact) mass is 463 g/mol. The van der Waals surface area contributed by atoms with Crippen molar-refractivity contribution in [3.63, 3.8) is 0 Å². The van der Waals surface area contributed by atoms with E-state index < -0.39 is 18.0 Å². The van der Waals surface area contributed by atoms with Crippen molar-refractivity contribution in [1.29, 1.82) is 0 Å². The number of anilines is 1. The summed E-state index contributed by atoms with van der Waals surface area (Å²) in [5.74, 6) is 0.0134. The number of halogens is 1. The number of imidazole rings is 1. The summed E-state index contributed by atoms with van der Waals surface area (Å²) in [5, 5.41) is 3.24. The standard InChI is InChI=1S/C25H22ClN3O4/c1-14-11-21(22(32-3)13-18(14)26)29-24(30)15(2)33-25(31)17-9-10-19-20(12-17)28-23(27-19)16-7-5-4-6-8-16/h4-13,15H,1-3H3,(H,27,28)(H,29,30). The molecule has 3 aromatic carbocycles. The van der Waals surface area contributed by atoms with Crippen molar-refractivity contribution in [2.45, 2.75) is 20.0 Å². The zero-order chi connectivity index (χ0) is 23.5. The maximum Gasteiger partial charge on any atom is 0.338 e. The van der Waals surface area contributed by atoms with Gasteiger partial charge in [0.1, 0.15) is 11.6 Å². The lowest BCUT2D eigenvalue weighted by molar-refractivity contribution is -0.123. The number of fused-ring (bicyclic) bond motifs is 1. The lowest BCUT2D eigenvalue weighted by Crippen LogP contribution is -2.30. The topological polar surface area (TPSA) is 93.3 Å². The van der Waals surface area contributed by atoms with Gasteiger partial charge in [0.05, 0.1) is 29.4 Å². The van der Waals surface area contributed by atoms with Gasteiger partial charge in [0.15, 0.2) is 6.10 Å². The molecule has 4 aromatic rings. The van der Waals surface area contributed by atoms with Crippen molar-refractivity contribution in [3.05, 3.63) is 76.8 Å². The summed E-state index contributed by atoms with van der Waals surface area (Å²) in [6.07, 6.45) is -1.03. The van der Waals surface area contributed by atoms with Gasteiger partial charge >= 0.3 is 5.97 Å². The van der Waals surface area contributed by atoms with E-state index in [2.05, 4.69) is 15.3 Å². The first-order valence-corrected chi connectivity index (χ1v) is 10.6. The van der Waals surface area contributed by atoms with Crippen molar-refractivity contribution < 1.29 is 19.1 Å². The Morgan fingerprint density at radius 3 is 2.58 bits per heavy atom. The van der Waals surface area contributed by atoms with Gasteiger partial charge in [-0.25, -0.2) is 9.78 Å². The Kier molecular flexibility index (Phi) is 6.33. The summed E-state index contributed by atoms with van der Waals surface area (Å²) >= 11 is 6.11. The Morgan fingerprint density at radius 2 is 1.85 bits per heavy atom. The number of aryl methyl sites for hydroxylation is 1. The van der Waals surface area contributed by atoms with Crippen LogP contribution in [-0.2, 0) is 9.53 Å². The molecule has 0 spiro atoms. The summed E-state index contributed by atoms with van der Waals surface area (Å²) in [4.78, 5) is 33.1. The molecule has 0 aliphatic rings. The minimum atomic E-state index is -1.03. The molecule has 1 heterocycles. The van der Waals surface area contributed by atoms with E-state index >= 15 is 0 Å². The molecule has 7 nitrogen and oxygen atoms in total. The number of aromatic amines is 1. The number of hydrogen-bond donors (Lipinski definition) is 2. The summed E-state index contributed by atoms with van der Waals surface area (Å²) in [6, 6.07) is 18.0. The maximum atomic E-state index is 12.7. The molecule has 2 N–H and O–H groups in total. The summed E-state index contributed by atoms with van der Waals surface area (Å²) < 4.78 is 10.7. The van der Waals surface area contributed by atoms with Crippen molar-refractivity contribution in [3.8, 4) is 17.1 Å². The predicted octanol–water partition coefficient (Wildman–Crippen LogP) is 5.38. The quantitative estimate of drug-likeness (QED) is 0.374. The third-order valence-corrected chi connectivity index (χ3v) is 5.56. The van der Waals surface area contributed by atoms with Gasteiger partial charge in [-0.05, 0) is 43.7 Å².